The normalized spacial score (nSPS) is 14.8. The van der Waals surface area contributed by atoms with Gasteiger partial charge in [0.25, 0.3) is 5.69 Å². The van der Waals surface area contributed by atoms with Gasteiger partial charge in [-0.2, -0.15) is 13.2 Å². The maximum absolute atomic E-state index is 12.7. The predicted octanol–water partition coefficient (Wildman–Crippen LogP) is 1.87. The number of rotatable bonds is 3. The fraction of sp³-hybridized carbons (Fsp3) is 0.300. The Bertz CT molecular complexity index is 540. The van der Waals surface area contributed by atoms with E-state index in [1.807, 2.05) is 0 Å². The highest BCUT2D eigenvalue weighted by Crippen LogP contribution is 2.37. The first-order valence-corrected chi connectivity index (χ1v) is 4.86. The molecule has 19 heavy (non-hydrogen) atoms. The standard InChI is InChI=1S/C10H9F3N2O4/c1-9(14,8(16)17)5-2-3-7(15(18)19)6(4-5)10(11,12)13/h2-4H,14H2,1H3,(H,16,17)/t9-/m0/s1. The smallest absolute Gasteiger partial charge is 0.423 e. The average molecular weight is 278 g/mol. The lowest BCUT2D eigenvalue weighted by Gasteiger charge is -2.20. The summed E-state index contributed by atoms with van der Waals surface area (Å²) in [4.78, 5) is 20.2. The van der Waals surface area contributed by atoms with Crippen LogP contribution in [0.3, 0.4) is 0 Å². The summed E-state index contributed by atoms with van der Waals surface area (Å²) in [6, 6.07) is 1.86. The van der Waals surface area contributed by atoms with Gasteiger partial charge in [-0.3, -0.25) is 10.1 Å². The van der Waals surface area contributed by atoms with Gasteiger partial charge in [-0.25, -0.2) is 4.79 Å². The number of carbonyl (C=O) groups is 1. The summed E-state index contributed by atoms with van der Waals surface area (Å²) in [6.07, 6.45) is -4.98. The zero-order valence-corrected chi connectivity index (χ0v) is 9.56. The number of halogens is 3. The number of carboxylic acid groups (broad SMARTS) is 1. The minimum atomic E-state index is -4.98. The fourth-order valence-corrected chi connectivity index (χ4v) is 1.37. The van der Waals surface area contributed by atoms with Crippen LogP contribution in [-0.2, 0) is 16.5 Å². The monoisotopic (exact) mass is 278 g/mol. The number of hydrogen-bond acceptors (Lipinski definition) is 4. The van der Waals surface area contributed by atoms with Crippen LogP contribution in [0.15, 0.2) is 18.2 Å². The van der Waals surface area contributed by atoms with Gasteiger partial charge in [-0.1, -0.05) is 0 Å². The van der Waals surface area contributed by atoms with Gasteiger partial charge in [0.2, 0.25) is 0 Å². The second-order valence-electron chi connectivity index (χ2n) is 3.99. The molecule has 0 aromatic heterocycles. The van der Waals surface area contributed by atoms with Crippen molar-refractivity contribution >= 4 is 11.7 Å². The molecule has 0 unspecified atom stereocenters. The highest BCUT2D eigenvalue weighted by molar-refractivity contribution is 5.80. The van der Waals surface area contributed by atoms with Crippen LogP contribution in [0, 0.1) is 10.1 Å². The molecule has 0 saturated carbocycles. The Morgan fingerprint density at radius 3 is 2.32 bits per heavy atom. The molecule has 9 heteroatoms. The molecule has 0 saturated heterocycles. The number of nitro benzene ring substituents is 1. The van der Waals surface area contributed by atoms with Crippen molar-refractivity contribution in [1.82, 2.24) is 0 Å². The van der Waals surface area contributed by atoms with Crippen LogP contribution in [-0.4, -0.2) is 16.0 Å². The first kappa shape index (κ1) is 14.9. The Kier molecular flexibility index (Phi) is 3.53. The van der Waals surface area contributed by atoms with Gasteiger partial charge in [0.15, 0.2) is 0 Å². The van der Waals surface area contributed by atoms with E-state index in [9.17, 15) is 28.1 Å². The van der Waals surface area contributed by atoms with Crippen LogP contribution in [0.2, 0.25) is 0 Å². The van der Waals surface area contributed by atoms with E-state index in [1.54, 1.807) is 0 Å². The third kappa shape index (κ3) is 2.81. The number of nitrogens with zero attached hydrogens (tertiary/aromatic N) is 1. The molecule has 0 amide bonds. The Hall–Kier alpha value is -2.16. The topological polar surface area (TPSA) is 106 Å². The van der Waals surface area contributed by atoms with Crippen LogP contribution in [0.4, 0.5) is 18.9 Å². The van der Waals surface area contributed by atoms with Crippen molar-refractivity contribution in [2.45, 2.75) is 18.6 Å². The SMILES string of the molecule is C[C@@](N)(C(=O)O)c1ccc([N+](=O)[O-])c(C(F)(F)F)c1. The van der Waals surface area contributed by atoms with Crippen LogP contribution >= 0.6 is 0 Å². The number of nitro groups is 1. The van der Waals surface area contributed by atoms with Gasteiger partial charge in [0.1, 0.15) is 11.1 Å². The number of nitrogens with two attached hydrogens (primary N) is 1. The number of aliphatic carboxylic acids is 1. The zero-order valence-electron chi connectivity index (χ0n) is 9.56. The van der Waals surface area contributed by atoms with Crippen molar-refractivity contribution in [2.75, 3.05) is 0 Å². The lowest BCUT2D eigenvalue weighted by molar-refractivity contribution is -0.388. The average Bonchev–Trinajstić information content (AvgIpc) is 2.26. The van der Waals surface area contributed by atoms with Crippen molar-refractivity contribution in [3.8, 4) is 0 Å². The highest BCUT2D eigenvalue weighted by Gasteiger charge is 2.41. The van der Waals surface area contributed by atoms with Crippen LogP contribution in [0.25, 0.3) is 0 Å². The second kappa shape index (κ2) is 4.50. The molecule has 0 fully saturated rings. The summed E-state index contributed by atoms with van der Waals surface area (Å²) in [7, 11) is 0. The van der Waals surface area contributed by atoms with E-state index in [-0.39, 0.29) is 5.56 Å². The third-order valence-corrected chi connectivity index (χ3v) is 2.54. The van der Waals surface area contributed by atoms with Gasteiger partial charge in [-0.15, -0.1) is 0 Å². The van der Waals surface area contributed by atoms with Crippen LogP contribution < -0.4 is 5.73 Å². The van der Waals surface area contributed by atoms with Crippen molar-refractivity contribution in [3.05, 3.63) is 39.4 Å². The zero-order chi connectivity index (χ0) is 15.0. The highest BCUT2D eigenvalue weighted by atomic mass is 19.4. The second-order valence-corrected chi connectivity index (χ2v) is 3.99. The maximum atomic E-state index is 12.7. The molecule has 0 aliphatic carbocycles. The molecule has 6 nitrogen and oxygen atoms in total. The summed E-state index contributed by atoms with van der Waals surface area (Å²) in [6.45, 7) is 0.997. The molecule has 0 aliphatic heterocycles. The third-order valence-electron chi connectivity index (χ3n) is 2.54. The summed E-state index contributed by atoms with van der Waals surface area (Å²) < 4.78 is 38.1. The van der Waals surface area contributed by atoms with Crippen molar-refractivity contribution < 1.29 is 28.0 Å². The van der Waals surface area contributed by atoms with Gasteiger partial charge in [0, 0.05) is 6.07 Å². The van der Waals surface area contributed by atoms with Gasteiger partial charge >= 0.3 is 12.1 Å². The molecule has 0 heterocycles. The number of benzene rings is 1. The van der Waals surface area contributed by atoms with E-state index in [1.165, 1.54) is 0 Å². The minimum absolute atomic E-state index is 0.377. The number of carboxylic acids is 1. The summed E-state index contributed by atoms with van der Waals surface area (Å²) in [5.74, 6) is -1.55. The first-order valence-electron chi connectivity index (χ1n) is 4.86. The predicted molar refractivity (Wildman–Crippen MR) is 57.3 cm³/mol. The fourth-order valence-electron chi connectivity index (χ4n) is 1.37. The summed E-state index contributed by atoms with van der Waals surface area (Å²) >= 11 is 0. The Balaban J connectivity index is 3.52. The van der Waals surface area contributed by atoms with E-state index < -0.39 is 33.9 Å². The van der Waals surface area contributed by atoms with E-state index in [4.69, 9.17) is 10.8 Å². The van der Waals surface area contributed by atoms with Crippen molar-refractivity contribution in [3.63, 3.8) is 0 Å². The minimum Gasteiger partial charge on any atom is -0.480 e. The summed E-state index contributed by atoms with van der Waals surface area (Å²) in [5.41, 5.74) is 0.242. The van der Waals surface area contributed by atoms with Crippen LogP contribution in [0.1, 0.15) is 18.1 Å². The van der Waals surface area contributed by atoms with Gasteiger partial charge in [-0.05, 0) is 24.6 Å². The van der Waals surface area contributed by atoms with Crippen molar-refractivity contribution in [1.29, 1.82) is 0 Å². The quantitative estimate of drug-likeness (QED) is 0.648. The molecule has 1 aromatic rings. The molecule has 3 N–H and O–H groups in total. The molecule has 1 aromatic carbocycles. The van der Waals surface area contributed by atoms with Crippen molar-refractivity contribution in [2.24, 2.45) is 5.73 Å². The molecule has 0 aliphatic rings. The Morgan fingerprint density at radius 2 is 1.95 bits per heavy atom. The largest absolute Gasteiger partial charge is 0.480 e. The van der Waals surface area contributed by atoms with E-state index in [0.717, 1.165) is 13.0 Å². The molecular formula is C10H9F3N2O4. The number of alkyl halides is 3. The first-order chi connectivity index (χ1) is 8.48. The van der Waals surface area contributed by atoms with E-state index in [2.05, 4.69) is 0 Å². The molecular weight excluding hydrogens is 269 g/mol. The maximum Gasteiger partial charge on any atom is 0.423 e. The molecule has 0 spiro atoms. The van der Waals surface area contributed by atoms with E-state index >= 15 is 0 Å². The van der Waals surface area contributed by atoms with Crippen LogP contribution in [0.5, 0.6) is 0 Å². The van der Waals surface area contributed by atoms with E-state index in [0.29, 0.717) is 12.1 Å². The Labute approximate surface area is 104 Å². The molecule has 1 atom stereocenters. The number of hydrogen-bond donors (Lipinski definition) is 2. The molecule has 1 rings (SSSR count). The van der Waals surface area contributed by atoms with Gasteiger partial charge in [0.05, 0.1) is 4.92 Å². The lowest BCUT2D eigenvalue weighted by atomic mass is 9.91. The summed E-state index contributed by atoms with van der Waals surface area (Å²) in [5, 5.41) is 19.3. The lowest BCUT2D eigenvalue weighted by Crippen LogP contribution is -2.41. The molecule has 0 bridgehead atoms. The molecule has 104 valence electrons. The molecule has 0 radical (unpaired) electrons. The van der Waals surface area contributed by atoms with Gasteiger partial charge < -0.3 is 10.8 Å². The Morgan fingerprint density at radius 1 is 1.42 bits per heavy atom.